The number of nitrogens with zero attached hydrogens (tertiary/aromatic N) is 3. The lowest BCUT2D eigenvalue weighted by atomic mass is 10.2. The highest BCUT2D eigenvalue weighted by Gasteiger charge is 2.23. The van der Waals surface area contributed by atoms with Gasteiger partial charge in [-0.25, -0.2) is 9.78 Å². The number of aliphatic hydroxyl groups excluding tert-OH is 1. The second-order valence-corrected chi connectivity index (χ2v) is 6.48. The molecular weight excluding hydrogens is 412 g/mol. The minimum absolute atomic E-state index is 0.145. The number of hydrogen-bond acceptors (Lipinski definition) is 8. The normalized spacial score (nSPS) is 11.9. The van der Waals surface area contributed by atoms with Crippen molar-refractivity contribution < 1.29 is 23.9 Å². The first-order valence-electron chi connectivity index (χ1n) is 8.73. The van der Waals surface area contributed by atoms with Gasteiger partial charge in [-0.3, -0.25) is 4.52 Å². The van der Waals surface area contributed by atoms with Crippen LogP contribution in [-0.4, -0.2) is 44.9 Å². The zero-order valence-electron chi connectivity index (χ0n) is 15.6. The molecule has 0 bridgehead atoms. The lowest BCUT2D eigenvalue weighted by Gasteiger charge is -2.06. The van der Waals surface area contributed by atoms with E-state index in [2.05, 4.69) is 20.1 Å². The molecule has 0 unspecified atom stereocenters. The molecule has 0 aliphatic carbocycles. The Morgan fingerprint density at radius 3 is 2.70 bits per heavy atom. The standard InChI is InChI=1S/C20H15ClN4O5/c1-28-19(27)16(18-22-13-8-4-5-9-14(13)23-18)15(26)10-29-20-24-17(25-30-20)11-6-2-3-7-12(11)21/h2-9,26H,10H2,1H3,(H,22,23)/b16-15+. The molecule has 0 aliphatic rings. The summed E-state index contributed by atoms with van der Waals surface area (Å²) < 4.78 is 15.1. The van der Waals surface area contributed by atoms with Gasteiger partial charge < -0.3 is 19.6 Å². The summed E-state index contributed by atoms with van der Waals surface area (Å²) in [5.74, 6) is -0.827. The summed E-state index contributed by atoms with van der Waals surface area (Å²) >= 11 is 6.12. The van der Waals surface area contributed by atoms with E-state index in [1.54, 1.807) is 36.4 Å². The number of hydrogen-bond donors (Lipinski definition) is 2. The lowest BCUT2D eigenvalue weighted by molar-refractivity contribution is -0.133. The number of nitrogens with one attached hydrogen (secondary N) is 1. The zero-order chi connectivity index (χ0) is 21.1. The number of para-hydroxylation sites is 2. The Balaban J connectivity index is 1.58. The number of H-pyrrole nitrogens is 1. The van der Waals surface area contributed by atoms with Crippen LogP contribution >= 0.6 is 11.6 Å². The third-order valence-electron chi connectivity index (χ3n) is 4.16. The third kappa shape index (κ3) is 3.83. The molecule has 10 heteroatoms. The Bertz CT molecular complexity index is 1210. The molecule has 0 spiro atoms. The molecule has 0 saturated heterocycles. The van der Waals surface area contributed by atoms with Crippen LogP contribution in [0.1, 0.15) is 5.82 Å². The van der Waals surface area contributed by atoms with Crippen molar-refractivity contribution >= 4 is 34.2 Å². The van der Waals surface area contributed by atoms with E-state index < -0.39 is 18.3 Å². The van der Waals surface area contributed by atoms with Crippen molar-refractivity contribution in [3.05, 3.63) is 65.1 Å². The first-order valence-corrected chi connectivity index (χ1v) is 9.11. The minimum atomic E-state index is -0.780. The quantitative estimate of drug-likeness (QED) is 0.271. The molecular formula is C20H15ClN4O5. The Labute approximate surface area is 174 Å². The summed E-state index contributed by atoms with van der Waals surface area (Å²) in [5.41, 5.74) is 1.72. The van der Waals surface area contributed by atoms with Gasteiger partial charge in [-0.05, 0) is 24.3 Å². The average molecular weight is 427 g/mol. The van der Waals surface area contributed by atoms with E-state index >= 15 is 0 Å². The van der Waals surface area contributed by atoms with Crippen LogP contribution in [0.3, 0.4) is 0 Å². The summed E-state index contributed by atoms with van der Waals surface area (Å²) in [4.78, 5) is 23.6. The van der Waals surface area contributed by atoms with Crippen molar-refractivity contribution in [3.8, 4) is 17.5 Å². The molecule has 4 aromatic rings. The van der Waals surface area contributed by atoms with E-state index in [-0.39, 0.29) is 23.3 Å². The number of aromatic amines is 1. The van der Waals surface area contributed by atoms with Crippen molar-refractivity contribution in [1.82, 2.24) is 20.1 Å². The van der Waals surface area contributed by atoms with Crippen LogP contribution in [0, 0.1) is 0 Å². The maximum Gasteiger partial charge on any atom is 0.418 e. The first kappa shape index (κ1) is 19.5. The van der Waals surface area contributed by atoms with Crippen LogP contribution in [0.15, 0.2) is 58.8 Å². The summed E-state index contributed by atoms with van der Waals surface area (Å²) in [6.07, 6.45) is -0.203. The summed E-state index contributed by atoms with van der Waals surface area (Å²) in [7, 11) is 1.20. The minimum Gasteiger partial charge on any atom is -0.508 e. The van der Waals surface area contributed by atoms with Crippen LogP contribution in [0.2, 0.25) is 5.02 Å². The fourth-order valence-electron chi connectivity index (χ4n) is 2.75. The Kier molecular flexibility index (Phi) is 5.36. The van der Waals surface area contributed by atoms with Crippen LogP contribution in [0.5, 0.6) is 6.08 Å². The highest BCUT2D eigenvalue weighted by atomic mass is 35.5. The number of benzene rings is 2. The van der Waals surface area contributed by atoms with Gasteiger partial charge in [0.1, 0.15) is 17.2 Å². The molecule has 152 valence electrons. The van der Waals surface area contributed by atoms with Gasteiger partial charge in [0.05, 0.1) is 23.2 Å². The Morgan fingerprint density at radius 2 is 1.93 bits per heavy atom. The van der Waals surface area contributed by atoms with E-state index in [0.29, 0.717) is 21.6 Å². The maximum absolute atomic E-state index is 12.2. The van der Waals surface area contributed by atoms with Gasteiger partial charge >= 0.3 is 12.0 Å². The van der Waals surface area contributed by atoms with Crippen molar-refractivity contribution in [2.75, 3.05) is 13.7 Å². The van der Waals surface area contributed by atoms with Gasteiger partial charge in [0.2, 0.25) is 5.82 Å². The lowest BCUT2D eigenvalue weighted by Crippen LogP contribution is -2.12. The molecule has 0 fully saturated rings. The number of carbonyl (C=O) groups excluding carboxylic acids is 1. The summed E-state index contributed by atoms with van der Waals surface area (Å²) in [6.45, 7) is -0.425. The highest BCUT2D eigenvalue weighted by molar-refractivity contribution is 6.33. The van der Waals surface area contributed by atoms with E-state index in [1.807, 2.05) is 12.1 Å². The molecule has 2 aromatic carbocycles. The zero-order valence-corrected chi connectivity index (χ0v) is 16.4. The van der Waals surface area contributed by atoms with Gasteiger partial charge in [-0.2, -0.15) is 4.98 Å². The SMILES string of the molecule is COC(=O)/C(=C(/O)COc1nc(-c2ccccc2Cl)no1)c1nc2ccccc2[nH]1. The highest BCUT2D eigenvalue weighted by Crippen LogP contribution is 2.27. The van der Waals surface area contributed by atoms with E-state index in [1.165, 1.54) is 7.11 Å². The van der Waals surface area contributed by atoms with Gasteiger partial charge in [0.15, 0.2) is 6.61 Å². The number of fused-ring (bicyclic) bond motifs is 1. The van der Waals surface area contributed by atoms with Gasteiger partial charge in [-0.1, -0.05) is 41.0 Å². The second kappa shape index (κ2) is 8.26. The predicted molar refractivity (Wildman–Crippen MR) is 108 cm³/mol. The smallest absolute Gasteiger partial charge is 0.418 e. The molecule has 0 amide bonds. The predicted octanol–water partition coefficient (Wildman–Crippen LogP) is 3.79. The van der Waals surface area contributed by atoms with Crippen molar-refractivity contribution in [1.29, 1.82) is 0 Å². The van der Waals surface area contributed by atoms with Gasteiger partial charge in [-0.15, -0.1) is 0 Å². The average Bonchev–Trinajstić information content (AvgIpc) is 3.39. The number of methoxy groups -OCH3 is 1. The van der Waals surface area contributed by atoms with Crippen molar-refractivity contribution in [2.45, 2.75) is 0 Å². The monoisotopic (exact) mass is 426 g/mol. The number of imidazole rings is 1. The van der Waals surface area contributed by atoms with Gasteiger partial charge in [0.25, 0.3) is 0 Å². The van der Waals surface area contributed by atoms with Crippen LogP contribution in [0.4, 0.5) is 0 Å². The fraction of sp³-hybridized carbons (Fsp3) is 0.100. The van der Waals surface area contributed by atoms with E-state index in [9.17, 15) is 9.90 Å². The Hall–Kier alpha value is -3.85. The number of ether oxygens (including phenoxy) is 2. The molecule has 2 heterocycles. The Morgan fingerprint density at radius 1 is 1.17 bits per heavy atom. The number of halogens is 1. The van der Waals surface area contributed by atoms with Crippen LogP contribution in [-0.2, 0) is 9.53 Å². The molecule has 0 saturated carbocycles. The third-order valence-corrected chi connectivity index (χ3v) is 4.49. The summed E-state index contributed by atoms with van der Waals surface area (Å²) in [6, 6.07) is 14.2. The van der Waals surface area contributed by atoms with E-state index in [0.717, 1.165) is 0 Å². The first-order chi connectivity index (χ1) is 14.6. The number of aliphatic hydroxyl groups is 1. The number of aromatic nitrogens is 4. The van der Waals surface area contributed by atoms with Crippen molar-refractivity contribution in [3.63, 3.8) is 0 Å². The van der Waals surface area contributed by atoms with Gasteiger partial charge in [0, 0.05) is 5.56 Å². The molecule has 0 aliphatic heterocycles. The maximum atomic E-state index is 12.2. The van der Waals surface area contributed by atoms with Crippen LogP contribution < -0.4 is 4.74 Å². The molecule has 9 nitrogen and oxygen atoms in total. The molecule has 0 radical (unpaired) electrons. The van der Waals surface area contributed by atoms with E-state index in [4.69, 9.17) is 25.6 Å². The largest absolute Gasteiger partial charge is 0.508 e. The second-order valence-electron chi connectivity index (χ2n) is 6.07. The number of carbonyl (C=O) groups is 1. The fourth-order valence-corrected chi connectivity index (χ4v) is 2.97. The number of esters is 1. The molecule has 2 aromatic heterocycles. The topological polar surface area (TPSA) is 123 Å². The van der Waals surface area contributed by atoms with Crippen LogP contribution in [0.25, 0.3) is 28.0 Å². The molecule has 4 rings (SSSR count). The number of rotatable bonds is 6. The summed E-state index contributed by atoms with van der Waals surface area (Å²) in [5, 5.41) is 14.8. The molecule has 0 atom stereocenters. The molecule has 2 N–H and O–H groups in total. The molecule has 30 heavy (non-hydrogen) atoms. The van der Waals surface area contributed by atoms with Crippen molar-refractivity contribution in [2.24, 2.45) is 0 Å².